The van der Waals surface area contributed by atoms with Gasteiger partial charge in [0.05, 0.1) is 4.90 Å². The summed E-state index contributed by atoms with van der Waals surface area (Å²) in [5.74, 6) is -0.0856. The highest BCUT2D eigenvalue weighted by atomic mass is 32.2. The summed E-state index contributed by atoms with van der Waals surface area (Å²) < 4.78 is 28.2. The predicted octanol–water partition coefficient (Wildman–Crippen LogP) is 3.09. The molecule has 1 N–H and O–H groups in total. The molecule has 0 bridgehead atoms. The molecule has 1 aliphatic heterocycles. The molecule has 1 heterocycles. The molecular weight excluding hydrogens is 336 g/mol. The van der Waals surface area contributed by atoms with Gasteiger partial charge >= 0.3 is 0 Å². The second kappa shape index (κ2) is 7.70. The molecule has 136 valence electrons. The first-order chi connectivity index (χ1) is 12.0. The SMILES string of the molecule is CC(NS(=O)(=O)c1cccc(C(=O)N2CCCC2)c1)C1=CCCCC1. The van der Waals surface area contributed by atoms with E-state index in [-0.39, 0.29) is 16.8 Å². The van der Waals surface area contributed by atoms with Crippen molar-refractivity contribution in [2.45, 2.75) is 56.4 Å². The van der Waals surface area contributed by atoms with Crippen molar-refractivity contribution in [3.8, 4) is 0 Å². The maximum Gasteiger partial charge on any atom is 0.253 e. The van der Waals surface area contributed by atoms with E-state index < -0.39 is 10.0 Å². The lowest BCUT2D eigenvalue weighted by molar-refractivity contribution is 0.0792. The second-order valence-corrected chi connectivity index (χ2v) is 8.61. The molecule has 25 heavy (non-hydrogen) atoms. The summed E-state index contributed by atoms with van der Waals surface area (Å²) in [6.07, 6.45) is 8.40. The number of carbonyl (C=O) groups is 1. The molecule has 0 spiro atoms. The predicted molar refractivity (Wildman–Crippen MR) is 97.9 cm³/mol. The van der Waals surface area contributed by atoms with Gasteiger partial charge in [-0.15, -0.1) is 0 Å². The molecule has 1 unspecified atom stereocenters. The van der Waals surface area contributed by atoms with Crippen molar-refractivity contribution in [2.75, 3.05) is 13.1 Å². The minimum atomic E-state index is -3.65. The zero-order valence-electron chi connectivity index (χ0n) is 14.7. The number of sulfonamides is 1. The second-order valence-electron chi connectivity index (χ2n) is 6.89. The monoisotopic (exact) mass is 362 g/mol. The third-order valence-electron chi connectivity index (χ3n) is 5.00. The van der Waals surface area contributed by atoms with Crippen LogP contribution < -0.4 is 4.72 Å². The van der Waals surface area contributed by atoms with E-state index in [0.29, 0.717) is 5.56 Å². The summed E-state index contributed by atoms with van der Waals surface area (Å²) in [5, 5.41) is 0. The number of rotatable bonds is 5. The van der Waals surface area contributed by atoms with Gasteiger partial charge in [-0.1, -0.05) is 17.7 Å². The number of likely N-dealkylation sites (tertiary alicyclic amines) is 1. The molecule has 1 amide bonds. The summed E-state index contributed by atoms with van der Waals surface area (Å²) in [7, 11) is -3.65. The molecule has 1 saturated heterocycles. The zero-order valence-corrected chi connectivity index (χ0v) is 15.5. The number of hydrogen-bond donors (Lipinski definition) is 1. The molecule has 5 nitrogen and oxygen atoms in total. The fraction of sp³-hybridized carbons (Fsp3) is 0.526. The van der Waals surface area contributed by atoms with Gasteiger partial charge in [0.25, 0.3) is 5.91 Å². The Morgan fingerprint density at radius 1 is 1.16 bits per heavy atom. The van der Waals surface area contributed by atoms with Crippen LogP contribution in [-0.2, 0) is 10.0 Å². The number of hydrogen-bond acceptors (Lipinski definition) is 3. The molecule has 3 rings (SSSR count). The van der Waals surface area contributed by atoms with Gasteiger partial charge in [0, 0.05) is 24.7 Å². The van der Waals surface area contributed by atoms with Gasteiger partial charge in [-0.05, 0) is 63.6 Å². The fourth-order valence-corrected chi connectivity index (χ4v) is 4.82. The average molecular weight is 362 g/mol. The lowest BCUT2D eigenvalue weighted by Gasteiger charge is -2.21. The average Bonchev–Trinajstić information content (AvgIpc) is 3.16. The van der Waals surface area contributed by atoms with Gasteiger partial charge < -0.3 is 4.90 Å². The van der Waals surface area contributed by atoms with Crippen LogP contribution in [0.5, 0.6) is 0 Å². The Bertz CT molecular complexity index is 765. The van der Waals surface area contributed by atoms with Gasteiger partial charge in [-0.2, -0.15) is 0 Å². The Morgan fingerprint density at radius 3 is 2.60 bits per heavy atom. The van der Waals surface area contributed by atoms with Gasteiger partial charge in [-0.25, -0.2) is 13.1 Å². The van der Waals surface area contributed by atoms with E-state index in [1.54, 1.807) is 23.1 Å². The van der Waals surface area contributed by atoms with Crippen LogP contribution in [0.4, 0.5) is 0 Å². The fourth-order valence-electron chi connectivity index (χ4n) is 3.53. The number of nitrogens with one attached hydrogen (secondary N) is 1. The van der Waals surface area contributed by atoms with E-state index in [1.165, 1.54) is 12.5 Å². The third kappa shape index (κ3) is 4.30. The molecule has 1 aromatic rings. The molecule has 0 radical (unpaired) electrons. The van der Waals surface area contributed by atoms with Crippen molar-refractivity contribution >= 4 is 15.9 Å². The van der Waals surface area contributed by atoms with Gasteiger partial charge in [0.15, 0.2) is 0 Å². The maximum absolute atomic E-state index is 12.7. The normalized spacial score (nSPS) is 19.6. The van der Waals surface area contributed by atoms with Gasteiger partial charge in [0.1, 0.15) is 0 Å². The molecule has 2 aliphatic rings. The summed E-state index contributed by atoms with van der Waals surface area (Å²) in [5.41, 5.74) is 1.59. The number of carbonyl (C=O) groups excluding carboxylic acids is 1. The van der Waals surface area contributed by atoms with E-state index in [2.05, 4.69) is 10.8 Å². The summed E-state index contributed by atoms with van der Waals surface area (Å²) in [6, 6.07) is 6.15. The molecule has 1 fully saturated rings. The van der Waals surface area contributed by atoms with Crippen molar-refractivity contribution in [3.63, 3.8) is 0 Å². The van der Waals surface area contributed by atoms with Crippen molar-refractivity contribution in [2.24, 2.45) is 0 Å². The Labute approximate surface area is 150 Å². The van der Waals surface area contributed by atoms with E-state index in [9.17, 15) is 13.2 Å². The van der Waals surface area contributed by atoms with Crippen molar-refractivity contribution in [3.05, 3.63) is 41.5 Å². The Kier molecular flexibility index (Phi) is 5.59. The van der Waals surface area contributed by atoms with E-state index in [4.69, 9.17) is 0 Å². The first-order valence-corrected chi connectivity index (χ1v) is 10.6. The lowest BCUT2D eigenvalue weighted by atomic mass is 9.95. The topological polar surface area (TPSA) is 66.5 Å². The quantitative estimate of drug-likeness (QED) is 0.819. The molecular formula is C19H26N2O3S. The van der Waals surface area contributed by atoms with Crippen LogP contribution in [0.1, 0.15) is 55.8 Å². The standard InChI is InChI=1S/C19H26N2O3S/c1-15(16-8-3-2-4-9-16)20-25(23,24)18-11-7-10-17(14-18)19(22)21-12-5-6-13-21/h7-8,10-11,14-15,20H,2-6,9,12-13H2,1H3. The first kappa shape index (κ1) is 18.1. The summed E-state index contributed by atoms with van der Waals surface area (Å²) in [4.78, 5) is 14.4. The molecule has 1 atom stereocenters. The van der Waals surface area contributed by atoms with E-state index in [0.717, 1.165) is 50.8 Å². The number of benzene rings is 1. The minimum absolute atomic E-state index is 0.0856. The summed E-state index contributed by atoms with van der Waals surface area (Å²) >= 11 is 0. The molecule has 1 aliphatic carbocycles. The van der Waals surface area contributed by atoms with Crippen LogP contribution >= 0.6 is 0 Å². The maximum atomic E-state index is 12.7. The highest BCUT2D eigenvalue weighted by Crippen LogP contribution is 2.22. The number of nitrogens with zero attached hydrogens (tertiary/aromatic N) is 1. The van der Waals surface area contributed by atoms with Crippen molar-refractivity contribution in [1.29, 1.82) is 0 Å². The largest absolute Gasteiger partial charge is 0.339 e. The minimum Gasteiger partial charge on any atom is -0.339 e. The van der Waals surface area contributed by atoms with E-state index >= 15 is 0 Å². The van der Waals surface area contributed by atoms with Crippen molar-refractivity contribution < 1.29 is 13.2 Å². The van der Waals surface area contributed by atoms with Crippen LogP contribution in [0.15, 0.2) is 40.8 Å². The molecule has 6 heteroatoms. The number of allylic oxidation sites excluding steroid dienone is 1. The van der Waals surface area contributed by atoms with Crippen molar-refractivity contribution in [1.82, 2.24) is 9.62 Å². The van der Waals surface area contributed by atoms with Gasteiger partial charge in [0.2, 0.25) is 10.0 Å². The first-order valence-electron chi connectivity index (χ1n) is 9.08. The van der Waals surface area contributed by atoms with Crippen LogP contribution in [0, 0.1) is 0 Å². The zero-order chi connectivity index (χ0) is 17.9. The highest BCUT2D eigenvalue weighted by Gasteiger charge is 2.23. The molecule has 1 aromatic carbocycles. The van der Waals surface area contributed by atoms with Crippen LogP contribution in [0.25, 0.3) is 0 Å². The summed E-state index contributed by atoms with van der Waals surface area (Å²) in [6.45, 7) is 3.38. The Morgan fingerprint density at radius 2 is 1.92 bits per heavy atom. The van der Waals surface area contributed by atoms with Gasteiger partial charge in [-0.3, -0.25) is 4.79 Å². The Balaban J connectivity index is 1.76. The Hall–Kier alpha value is -1.66. The molecule has 0 aromatic heterocycles. The smallest absolute Gasteiger partial charge is 0.253 e. The van der Waals surface area contributed by atoms with Crippen LogP contribution in [0.2, 0.25) is 0 Å². The molecule has 0 saturated carbocycles. The van der Waals surface area contributed by atoms with Crippen LogP contribution in [-0.4, -0.2) is 38.4 Å². The highest BCUT2D eigenvalue weighted by molar-refractivity contribution is 7.89. The lowest BCUT2D eigenvalue weighted by Crippen LogP contribution is -2.34. The number of amides is 1. The third-order valence-corrected chi connectivity index (χ3v) is 6.54. The van der Waals surface area contributed by atoms with Crippen LogP contribution in [0.3, 0.4) is 0 Å². The van der Waals surface area contributed by atoms with E-state index in [1.807, 2.05) is 6.92 Å².